The van der Waals surface area contributed by atoms with Crippen molar-refractivity contribution < 1.29 is 8.42 Å². The summed E-state index contributed by atoms with van der Waals surface area (Å²) in [5, 5.41) is 3.44. The number of sulfone groups is 1. The second-order valence-corrected chi connectivity index (χ2v) is 9.82. The second kappa shape index (κ2) is 5.93. The van der Waals surface area contributed by atoms with Crippen LogP contribution in [0.5, 0.6) is 0 Å². The smallest absolute Gasteiger partial charge is 0.153 e. The second-order valence-electron chi connectivity index (χ2n) is 7.14. The van der Waals surface area contributed by atoms with E-state index >= 15 is 0 Å². The molecule has 1 saturated heterocycles. The molecule has 2 rings (SSSR count). The van der Waals surface area contributed by atoms with Gasteiger partial charge in [0.05, 0.1) is 11.0 Å². The lowest BCUT2D eigenvalue weighted by Gasteiger charge is -2.36. The van der Waals surface area contributed by atoms with Crippen LogP contribution in [0.3, 0.4) is 0 Å². The van der Waals surface area contributed by atoms with E-state index in [1.54, 1.807) is 13.8 Å². The van der Waals surface area contributed by atoms with Gasteiger partial charge in [0.2, 0.25) is 0 Å². The number of rotatable bonds is 5. The fraction of sp³-hybridized carbons (Fsp3) is 1.00. The van der Waals surface area contributed by atoms with Crippen LogP contribution in [0.4, 0.5) is 0 Å². The topological polar surface area (TPSA) is 49.4 Å². The molecule has 1 aliphatic heterocycles. The Hall–Kier alpha value is -0.130. The molecule has 118 valence electrons. The van der Waals surface area contributed by atoms with Crippen LogP contribution in [0.15, 0.2) is 0 Å². The Morgan fingerprint density at radius 1 is 1.30 bits per heavy atom. The minimum absolute atomic E-state index is 0.173. The van der Waals surface area contributed by atoms with Crippen LogP contribution in [0.25, 0.3) is 0 Å². The van der Waals surface area contributed by atoms with Gasteiger partial charge in [0.15, 0.2) is 9.84 Å². The SMILES string of the molecule is CC1CCNC(C)(C2CC2)CN1CCS(=O)(=O)C(C)C. The zero-order valence-corrected chi connectivity index (χ0v) is 14.2. The third kappa shape index (κ3) is 3.74. The Bertz CT molecular complexity index is 431. The molecule has 5 heteroatoms. The summed E-state index contributed by atoms with van der Waals surface area (Å²) in [6.07, 6.45) is 3.73. The average Bonchev–Trinajstić information content (AvgIpc) is 3.17. The summed E-state index contributed by atoms with van der Waals surface area (Å²) >= 11 is 0. The van der Waals surface area contributed by atoms with Crippen molar-refractivity contribution in [3.05, 3.63) is 0 Å². The van der Waals surface area contributed by atoms with Crippen LogP contribution in [0, 0.1) is 5.92 Å². The van der Waals surface area contributed by atoms with Crippen LogP contribution < -0.4 is 5.32 Å². The number of hydrogen-bond donors (Lipinski definition) is 1. The zero-order valence-electron chi connectivity index (χ0n) is 13.4. The van der Waals surface area contributed by atoms with Gasteiger partial charge in [0.25, 0.3) is 0 Å². The van der Waals surface area contributed by atoms with E-state index in [0.717, 1.165) is 25.4 Å². The van der Waals surface area contributed by atoms with Gasteiger partial charge in [-0.1, -0.05) is 0 Å². The molecule has 0 spiro atoms. The molecule has 2 unspecified atom stereocenters. The molecule has 2 atom stereocenters. The van der Waals surface area contributed by atoms with Crippen LogP contribution in [0.2, 0.25) is 0 Å². The first-order chi connectivity index (χ1) is 9.24. The Kier molecular flexibility index (Phi) is 4.82. The van der Waals surface area contributed by atoms with Crippen molar-refractivity contribution in [2.75, 3.05) is 25.4 Å². The van der Waals surface area contributed by atoms with Crippen LogP contribution in [-0.4, -0.2) is 55.5 Å². The molecule has 1 saturated carbocycles. The van der Waals surface area contributed by atoms with Crippen molar-refractivity contribution in [2.45, 2.75) is 63.8 Å². The molecule has 0 aromatic rings. The van der Waals surface area contributed by atoms with Gasteiger partial charge in [0.1, 0.15) is 0 Å². The van der Waals surface area contributed by atoms with Gasteiger partial charge in [-0.2, -0.15) is 0 Å². The largest absolute Gasteiger partial charge is 0.310 e. The molecule has 0 amide bonds. The Balaban J connectivity index is 2.00. The van der Waals surface area contributed by atoms with Crippen molar-refractivity contribution in [2.24, 2.45) is 5.92 Å². The first kappa shape index (κ1) is 16.2. The highest BCUT2D eigenvalue weighted by Gasteiger charge is 2.43. The lowest BCUT2D eigenvalue weighted by atomic mass is 9.95. The highest BCUT2D eigenvalue weighted by Crippen LogP contribution is 2.41. The van der Waals surface area contributed by atoms with E-state index in [0.29, 0.717) is 12.6 Å². The van der Waals surface area contributed by atoms with Gasteiger partial charge < -0.3 is 5.32 Å². The molecule has 2 fully saturated rings. The lowest BCUT2D eigenvalue weighted by molar-refractivity contribution is 0.171. The molecule has 1 aliphatic carbocycles. The van der Waals surface area contributed by atoms with Crippen LogP contribution in [0.1, 0.15) is 47.0 Å². The molecule has 0 aromatic carbocycles. The highest BCUT2D eigenvalue weighted by atomic mass is 32.2. The maximum atomic E-state index is 12.0. The van der Waals surface area contributed by atoms with Gasteiger partial charge in [-0.05, 0) is 59.4 Å². The van der Waals surface area contributed by atoms with E-state index < -0.39 is 9.84 Å². The van der Waals surface area contributed by atoms with E-state index in [1.807, 2.05) is 0 Å². The molecule has 2 aliphatic rings. The maximum absolute atomic E-state index is 12.0. The minimum Gasteiger partial charge on any atom is -0.310 e. The van der Waals surface area contributed by atoms with E-state index in [1.165, 1.54) is 12.8 Å². The molecule has 4 nitrogen and oxygen atoms in total. The first-order valence-corrected chi connectivity index (χ1v) is 9.67. The van der Waals surface area contributed by atoms with E-state index in [2.05, 4.69) is 24.1 Å². The first-order valence-electron chi connectivity index (χ1n) is 7.95. The molecule has 1 N–H and O–H groups in total. The number of hydrogen-bond acceptors (Lipinski definition) is 4. The normalized spacial score (nSPS) is 33.4. The van der Waals surface area contributed by atoms with E-state index in [9.17, 15) is 8.42 Å². The van der Waals surface area contributed by atoms with Gasteiger partial charge in [-0.3, -0.25) is 4.90 Å². The van der Waals surface area contributed by atoms with E-state index in [-0.39, 0.29) is 16.5 Å². The Morgan fingerprint density at radius 3 is 2.50 bits per heavy atom. The van der Waals surface area contributed by atoms with Gasteiger partial charge in [-0.15, -0.1) is 0 Å². The minimum atomic E-state index is -2.94. The third-order valence-corrected chi connectivity index (χ3v) is 7.29. The van der Waals surface area contributed by atoms with Crippen molar-refractivity contribution in [3.8, 4) is 0 Å². The van der Waals surface area contributed by atoms with E-state index in [4.69, 9.17) is 0 Å². The fourth-order valence-electron chi connectivity index (χ4n) is 3.16. The number of nitrogens with zero attached hydrogens (tertiary/aromatic N) is 1. The van der Waals surface area contributed by atoms with Gasteiger partial charge >= 0.3 is 0 Å². The predicted molar refractivity (Wildman–Crippen MR) is 83.7 cm³/mol. The van der Waals surface area contributed by atoms with Crippen molar-refractivity contribution in [1.82, 2.24) is 10.2 Å². The summed E-state index contributed by atoms with van der Waals surface area (Å²) in [6, 6.07) is 0.463. The summed E-state index contributed by atoms with van der Waals surface area (Å²) in [5.41, 5.74) is 0.173. The lowest BCUT2D eigenvalue weighted by Crippen LogP contribution is -2.52. The van der Waals surface area contributed by atoms with Crippen LogP contribution >= 0.6 is 0 Å². The predicted octanol–water partition coefficient (Wildman–Crippen LogP) is 1.66. The quantitative estimate of drug-likeness (QED) is 0.839. The maximum Gasteiger partial charge on any atom is 0.153 e. The Labute approximate surface area is 124 Å². The Morgan fingerprint density at radius 2 is 1.95 bits per heavy atom. The summed E-state index contributed by atoms with van der Waals surface area (Å²) < 4.78 is 24.1. The van der Waals surface area contributed by atoms with Gasteiger partial charge in [0, 0.05) is 24.7 Å². The average molecular weight is 302 g/mol. The molecule has 0 radical (unpaired) electrons. The summed E-state index contributed by atoms with van der Waals surface area (Å²) in [6.45, 7) is 10.8. The standard InChI is InChI=1S/C15H30N2O2S/c1-12(2)20(18,19)10-9-17-11-15(4,14-5-6-14)16-8-7-13(17)3/h12-14,16H,5-11H2,1-4H3. The summed E-state index contributed by atoms with van der Waals surface area (Å²) in [7, 11) is -2.94. The molecule has 0 aromatic heterocycles. The monoisotopic (exact) mass is 302 g/mol. The highest BCUT2D eigenvalue weighted by molar-refractivity contribution is 7.92. The van der Waals surface area contributed by atoms with Crippen molar-refractivity contribution in [3.63, 3.8) is 0 Å². The van der Waals surface area contributed by atoms with Crippen molar-refractivity contribution in [1.29, 1.82) is 0 Å². The number of nitrogens with one attached hydrogen (secondary N) is 1. The van der Waals surface area contributed by atoms with Gasteiger partial charge in [-0.25, -0.2) is 8.42 Å². The van der Waals surface area contributed by atoms with Crippen molar-refractivity contribution >= 4 is 9.84 Å². The molecule has 0 bridgehead atoms. The molecular formula is C15H30N2O2S. The molecular weight excluding hydrogens is 272 g/mol. The zero-order chi connectivity index (χ0) is 15.0. The molecule has 1 heterocycles. The summed E-state index contributed by atoms with van der Waals surface area (Å²) in [5.74, 6) is 1.06. The third-order valence-electron chi connectivity index (χ3n) is 5.11. The van der Waals surface area contributed by atoms with Crippen LogP contribution in [-0.2, 0) is 9.84 Å². The summed E-state index contributed by atoms with van der Waals surface area (Å²) in [4.78, 5) is 2.39. The molecule has 20 heavy (non-hydrogen) atoms. The fourth-order valence-corrected chi connectivity index (χ4v) is 4.12.